The lowest BCUT2D eigenvalue weighted by molar-refractivity contribution is -0.122. The average molecular weight is 354 g/mol. The first kappa shape index (κ1) is 17.8. The highest BCUT2D eigenvalue weighted by Gasteiger charge is 2.23. The number of aryl methyl sites for hydroxylation is 2. The van der Waals surface area contributed by atoms with E-state index in [9.17, 15) is 9.59 Å². The number of hydrogen-bond acceptors (Lipinski definition) is 4. The molecule has 26 heavy (non-hydrogen) atoms. The molecule has 2 aromatic rings. The van der Waals surface area contributed by atoms with Crippen molar-refractivity contribution in [3.63, 3.8) is 0 Å². The Hall–Kier alpha value is -3.02. The van der Waals surface area contributed by atoms with Gasteiger partial charge in [0.2, 0.25) is 0 Å². The van der Waals surface area contributed by atoms with Crippen LogP contribution in [-0.2, 0) is 9.59 Å². The topological polar surface area (TPSA) is 67.9 Å². The fourth-order valence-corrected chi connectivity index (χ4v) is 2.64. The molecule has 1 heterocycles. The summed E-state index contributed by atoms with van der Waals surface area (Å²) < 4.78 is 11.1. The van der Waals surface area contributed by atoms with Crippen molar-refractivity contribution in [3.8, 4) is 11.5 Å². The molecular weight excluding hydrogens is 332 g/mol. The van der Waals surface area contributed by atoms with Gasteiger partial charge in [-0.3, -0.25) is 9.59 Å². The van der Waals surface area contributed by atoms with E-state index >= 15 is 0 Å². The maximum Gasteiger partial charge on any atom is 0.265 e. The molecule has 1 N–H and O–H groups in total. The Morgan fingerprint density at radius 1 is 1.19 bits per heavy atom. The first-order valence-electron chi connectivity index (χ1n) is 8.43. The van der Waals surface area contributed by atoms with Gasteiger partial charge < -0.3 is 19.7 Å². The van der Waals surface area contributed by atoms with Crippen molar-refractivity contribution in [1.82, 2.24) is 0 Å². The Bertz CT molecular complexity index is 863. The molecule has 0 aliphatic carbocycles. The van der Waals surface area contributed by atoms with Crippen LogP contribution in [0.15, 0.2) is 36.4 Å². The molecular formula is C20H22N2O4. The van der Waals surface area contributed by atoms with E-state index in [0.717, 1.165) is 5.56 Å². The van der Waals surface area contributed by atoms with Crippen molar-refractivity contribution in [2.45, 2.75) is 26.9 Å². The molecule has 1 aliphatic rings. The zero-order chi connectivity index (χ0) is 18.8. The number of rotatable bonds is 4. The number of hydrogen-bond donors (Lipinski definition) is 1. The number of benzene rings is 2. The number of anilines is 2. The molecule has 2 amide bonds. The van der Waals surface area contributed by atoms with Crippen molar-refractivity contribution in [1.29, 1.82) is 0 Å². The van der Waals surface area contributed by atoms with Crippen molar-refractivity contribution in [3.05, 3.63) is 47.5 Å². The maximum atomic E-state index is 12.4. The number of carbonyl (C=O) groups is 2. The summed E-state index contributed by atoms with van der Waals surface area (Å²) in [6, 6.07) is 10.9. The number of nitrogens with one attached hydrogen (secondary N) is 1. The predicted octanol–water partition coefficient (Wildman–Crippen LogP) is 3.06. The Balaban J connectivity index is 1.69. The van der Waals surface area contributed by atoms with Crippen LogP contribution in [0.3, 0.4) is 0 Å². The molecule has 0 saturated heterocycles. The molecule has 6 nitrogen and oxygen atoms in total. The number of amides is 2. The molecule has 2 aromatic carbocycles. The van der Waals surface area contributed by atoms with Gasteiger partial charge in [-0.05, 0) is 62.2 Å². The predicted molar refractivity (Wildman–Crippen MR) is 100.0 cm³/mol. The lowest BCUT2D eigenvalue weighted by atomic mass is 10.1. The number of likely N-dealkylation sites (N-methyl/N-ethyl adjacent to an activating group) is 1. The Morgan fingerprint density at radius 3 is 2.69 bits per heavy atom. The zero-order valence-corrected chi connectivity index (χ0v) is 15.3. The summed E-state index contributed by atoms with van der Waals surface area (Å²) in [5.41, 5.74) is 3.48. The number of fused-ring (bicyclic) bond motifs is 1. The second-order valence-corrected chi connectivity index (χ2v) is 6.42. The lowest BCUT2D eigenvalue weighted by Gasteiger charge is -2.26. The summed E-state index contributed by atoms with van der Waals surface area (Å²) in [6.45, 7) is 5.74. The van der Waals surface area contributed by atoms with Gasteiger partial charge in [0.1, 0.15) is 11.5 Å². The molecule has 0 bridgehead atoms. The molecule has 0 fully saturated rings. The minimum absolute atomic E-state index is 0.0239. The van der Waals surface area contributed by atoms with E-state index in [1.54, 1.807) is 32.2 Å². The van der Waals surface area contributed by atoms with Gasteiger partial charge in [-0.2, -0.15) is 0 Å². The van der Waals surface area contributed by atoms with E-state index in [2.05, 4.69) is 5.32 Å². The SMILES string of the molecule is Cc1ccc(O[C@@H](C)C(=O)Nc2ccc3c(c2)N(C)C(=O)CO3)cc1C. The van der Waals surface area contributed by atoms with E-state index in [4.69, 9.17) is 9.47 Å². The highest BCUT2D eigenvalue weighted by molar-refractivity contribution is 5.99. The molecule has 1 aliphatic heterocycles. The van der Waals surface area contributed by atoms with Gasteiger partial charge in [-0.1, -0.05) is 6.07 Å². The van der Waals surface area contributed by atoms with Gasteiger partial charge in [-0.25, -0.2) is 0 Å². The summed E-state index contributed by atoms with van der Waals surface area (Å²) >= 11 is 0. The van der Waals surface area contributed by atoms with Gasteiger partial charge in [0, 0.05) is 12.7 Å². The van der Waals surface area contributed by atoms with Crippen LogP contribution in [0.1, 0.15) is 18.1 Å². The second-order valence-electron chi connectivity index (χ2n) is 6.42. The first-order chi connectivity index (χ1) is 12.3. The summed E-state index contributed by atoms with van der Waals surface area (Å²) in [5.74, 6) is 0.866. The third-order valence-corrected chi connectivity index (χ3v) is 4.47. The molecule has 0 aromatic heterocycles. The van der Waals surface area contributed by atoms with Crippen molar-refractivity contribution >= 4 is 23.2 Å². The average Bonchev–Trinajstić information content (AvgIpc) is 2.61. The normalized spacial score (nSPS) is 14.3. The Labute approximate surface area is 152 Å². The van der Waals surface area contributed by atoms with Gasteiger partial charge in [0.15, 0.2) is 12.7 Å². The third kappa shape index (κ3) is 3.64. The number of ether oxygens (including phenoxy) is 2. The highest BCUT2D eigenvalue weighted by Crippen LogP contribution is 2.33. The van der Waals surface area contributed by atoms with Crippen molar-refractivity contribution in [2.24, 2.45) is 0 Å². The van der Waals surface area contributed by atoms with Crippen molar-refractivity contribution in [2.75, 3.05) is 23.9 Å². The van der Waals surface area contributed by atoms with Crippen LogP contribution in [0.4, 0.5) is 11.4 Å². The molecule has 0 saturated carbocycles. The largest absolute Gasteiger partial charge is 0.482 e. The van der Waals surface area contributed by atoms with Gasteiger partial charge in [-0.15, -0.1) is 0 Å². The van der Waals surface area contributed by atoms with Crippen LogP contribution < -0.4 is 19.7 Å². The second kappa shape index (κ2) is 7.07. The summed E-state index contributed by atoms with van der Waals surface area (Å²) in [6.07, 6.45) is -0.663. The van der Waals surface area contributed by atoms with Crippen LogP contribution in [0.5, 0.6) is 11.5 Å². The lowest BCUT2D eigenvalue weighted by Crippen LogP contribution is -2.35. The van der Waals surface area contributed by atoms with Gasteiger partial charge in [0.05, 0.1) is 5.69 Å². The first-order valence-corrected chi connectivity index (χ1v) is 8.43. The minimum Gasteiger partial charge on any atom is -0.482 e. The monoisotopic (exact) mass is 354 g/mol. The summed E-state index contributed by atoms with van der Waals surface area (Å²) in [4.78, 5) is 25.7. The van der Waals surface area contributed by atoms with Crippen LogP contribution in [-0.4, -0.2) is 31.6 Å². The molecule has 3 rings (SSSR count). The fraction of sp³-hybridized carbons (Fsp3) is 0.300. The molecule has 0 unspecified atom stereocenters. The highest BCUT2D eigenvalue weighted by atomic mass is 16.5. The van der Waals surface area contributed by atoms with E-state index in [0.29, 0.717) is 22.9 Å². The van der Waals surface area contributed by atoms with Crippen LogP contribution in [0.25, 0.3) is 0 Å². The third-order valence-electron chi connectivity index (χ3n) is 4.47. The van der Waals surface area contributed by atoms with Gasteiger partial charge >= 0.3 is 0 Å². The minimum atomic E-state index is -0.663. The molecule has 0 spiro atoms. The van der Waals surface area contributed by atoms with E-state index in [-0.39, 0.29) is 18.4 Å². The number of nitrogens with zero attached hydrogens (tertiary/aromatic N) is 1. The van der Waals surface area contributed by atoms with Crippen molar-refractivity contribution < 1.29 is 19.1 Å². The smallest absolute Gasteiger partial charge is 0.265 e. The maximum absolute atomic E-state index is 12.4. The molecule has 136 valence electrons. The van der Waals surface area contributed by atoms with Crippen LogP contribution in [0, 0.1) is 13.8 Å². The Morgan fingerprint density at radius 2 is 1.96 bits per heavy atom. The fourth-order valence-electron chi connectivity index (χ4n) is 2.64. The zero-order valence-electron chi connectivity index (χ0n) is 15.3. The number of carbonyl (C=O) groups excluding carboxylic acids is 2. The summed E-state index contributed by atoms with van der Waals surface area (Å²) in [5, 5.41) is 2.82. The van der Waals surface area contributed by atoms with Gasteiger partial charge in [0.25, 0.3) is 11.8 Å². The quantitative estimate of drug-likeness (QED) is 0.916. The van der Waals surface area contributed by atoms with E-state index in [1.807, 2.05) is 32.0 Å². The molecule has 6 heteroatoms. The van der Waals surface area contributed by atoms with Crippen LogP contribution >= 0.6 is 0 Å². The van der Waals surface area contributed by atoms with E-state index < -0.39 is 6.10 Å². The van der Waals surface area contributed by atoms with E-state index in [1.165, 1.54) is 10.5 Å². The summed E-state index contributed by atoms with van der Waals surface area (Å²) in [7, 11) is 1.68. The standard InChI is InChI=1S/C20H22N2O4/c1-12-5-7-16(9-13(12)2)26-14(3)20(24)21-15-6-8-18-17(10-15)22(4)19(23)11-25-18/h5-10,14H,11H2,1-4H3,(H,21,24)/t14-/m0/s1. The molecule has 1 atom stereocenters. The van der Waals surface area contributed by atoms with Crippen LogP contribution in [0.2, 0.25) is 0 Å². The Kier molecular flexibility index (Phi) is 4.84. The molecule has 0 radical (unpaired) electrons.